The van der Waals surface area contributed by atoms with Gasteiger partial charge in [-0.1, -0.05) is 36.4 Å². The molecule has 0 radical (unpaired) electrons. The highest BCUT2D eigenvalue weighted by Crippen LogP contribution is 2.12. The lowest BCUT2D eigenvalue weighted by atomic mass is 10.4. The molecular formula is C12H16O3. The van der Waals surface area contributed by atoms with E-state index in [9.17, 15) is 0 Å². The van der Waals surface area contributed by atoms with Crippen LogP contribution in [0, 0.1) is 0 Å². The maximum Gasteiger partial charge on any atom is 0.104 e. The second-order valence-corrected chi connectivity index (χ2v) is 3.60. The van der Waals surface area contributed by atoms with Gasteiger partial charge in [0.1, 0.15) is 12.2 Å². The van der Waals surface area contributed by atoms with Crippen molar-refractivity contribution in [2.45, 2.75) is 12.2 Å². The van der Waals surface area contributed by atoms with Crippen molar-refractivity contribution in [2.75, 3.05) is 26.4 Å². The van der Waals surface area contributed by atoms with Crippen molar-refractivity contribution in [3.05, 3.63) is 36.4 Å². The van der Waals surface area contributed by atoms with E-state index in [0.717, 1.165) is 26.4 Å². The van der Waals surface area contributed by atoms with Gasteiger partial charge in [0.2, 0.25) is 0 Å². The van der Waals surface area contributed by atoms with Gasteiger partial charge in [-0.15, -0.1) is 0 Å². The average molecular weight is 208 g/mol. The molecule has 0 saturated carbocycles. The molecule has 2 atom stereocenters. The van der Waals surface area contributed by atoms with Gasteiger partial charge in [0.15, 0.2) is 0 Å². The molecule has 2 aliphatic rings. The molecule has 0 N–H and O–H groups in total. The Balaban J connectivity index is 0.000000124. The van der Waals surface area contributed by atoms with Crippen molar-refractivity contribution < 1.29 is 14.2 Å². The zero-order valence-corrected chi connectivity index (χ0v) is 8.67. The van der Waals surface area contributed by atoms with E-state index in [2.05, 4.69) is 0 Å². The number of epoxide rings is 2. The first kappa shape index (κ1) is 10.6. The Bertz CT molecular complexity index is 216. The molecule has 0 aromatic heterocycles. The van der Waals surface area contributed by atoms with Gasteiger partial charge < -0.3 is 14.2 Å². The van der Waals surface area contributed by atoms with Crippen LogP contribution in [-0.2, 0) is 14.2 Å². The SMILES string of the molecule is C(OCC1CO1)C1CO1.c1ccccc1. The summed E-state index contributed by atoms with van der Waals surface area (Å²) in [5.41, 5.74) is 0. The predicted molar refractivity (Wildman–Crippen MR) is 56.7 cm³/mol. The van der Waals surface area contributed by atoms with Crippen LogP contribution < -0.4 is 0 Å². The fourth-order valence-electron chi connectivity index (χ4n) is 1.04. The summed E-state index contributed by atoms with van der Waals surface area (Å²) in [4.78, 5) is 0. The van der Waals surface area contributed by atoms with Crippen LogP contribution in [0.5, 0.6) is 0 Å². The second-order valence-electron chi connectivity index (χ2n) is 3.60. The minimum atomic E-state index is 0.392. The summed E-state index contributed by atoms with van der Waals surface area (Å²) in [7, 11) is 0. The largest absolute Gasteiger partial charge is 0.376 e. The summed E-state index contributed by atoms with van der Waals surface area (Å²) < 4.78 is 15.1. The summed E-state index contributed by atoms with van der Waals surface area (Å²) >= 11 is 0. The first-order chi connectivity index (χ1) is 7.45. The lowest BCUT2D eigenvalue weighted by Gasteiger charge is -1.95. The Labute approximate surface area is 90.0 Å². The van der Waals surface area contributed by atoms with Crippen LogP contribution in [0.15, 0.2) is 36.4 Å². The molecule has 0 bridgehead atoms. The monoisotopic (exact) mass is 208 g/mol. The van der Waals surface area contributed by atoms with Gasteiger partial charge in [-0.2, -0.15) is 0 Å². The van der Waals surface area contributed by atoms with Gasteiger partial charge in [0.25, 0.3) is 0 Å². The summed E-state index contributed by atoms with van der Waals surface area (Å²) in [6.45, 7) is 3.26. The molecule has 2 aliphatic heterocycles. The Morgan fingerprint density at radius 1 is 0.800 bits per heavy atom. The van der Waals surface area contributed by atoms with Crippen LogP contribution in [-0.4, -0.2) is 38.6 Å². The van der Waals surface area contributed by atoms with Crippen molar-refractivity contribution in [3.8, 4) is 0 Å². The third-order valence-electron chi connectivity index (χ3n) is 2.08. The van der Waals surface area contributed by atoms with Crippen LogP contribution in [0.25, 0.3) is 0 Å². The normalized spacial score (nSPS) is 26.4. The molecule has 2 heterocycles. The van der Waals surface area contributed by atoms with Crippen molar-refractivity contribution in [3.63, 3.8) is 0 Å². The highest BCUT2D eigenvalue weighted by atomic mass is 16.6. The maximum absolute atomic E-state index is 5.23. The van der Waals surface area contributed by atoms with Crippen molar-refractivity contribution in [1.82, 2.24) is 0 Å². The molecule has 1 aromatic carbocycles. The summed E-state index contributed by atoms with van der Waals surface area (Å²) in [6.07, 6.45) is 0.785. The molecule has 2 saturated heterocycles. The molecule has 0 spiro atoms. The standard InChI is InChI=1S/C6H10O3.C6H6/c1(5-3-8-5)7-2-6-4-9-6;1-2-4-6-5-3-1/h5-6H,1-4H2;1-6H. The molecule has 82 valence electrons. The average Bonchev–Trinajstić information content (AvgIpc) is 3.16. The fraction of sp³-hybridized carbons (Fsp3) is 0.500. The summed E-state index contributed by atoms with van der Waals surface area (Å²) in [5, 5.41) is 0. The van der Waals surface area contributed by atoms with Crippen LogP contribution in [0.2, 0.25) is 0 Å². The Morgan fingerprint density at radius 2 is 1.13 bits per heavy atom. The number of hydrogen-bond acceptors (Lipinski definition) is 3. The van der Waals surface area contributed by atoms with E-state index < -0.39 is 0 Å². The quantitative estimate of drug-likeness (QED) is 0.703. The zero-order valence-electron chi connectivity index (χ0n) is 8.67. The highest BCUT2D eigenvalue weighted by molar-refractivity contribution is 4.99. The van der Waals surface area contributed by atoms with Crippen LogP contribution in [0.3, 0.4) is 0 Å². The van der Waals surface area contributed by atoms with E-state index >= 15 is 0 Å². The molecule has 15 heavy (non-hydrogen) atoms. The fourth-order valence-corrected chi connectivity index (χ4v) is 1.04. The van der Waals surface area contributed by atoms with E-state index in [4.69, 9.17) is 14.2 Å². The number of ether oxygens (including phenoxy) is 3. The smallest absolute Gasteiger partial charge is 0.104 e. The summed E-state index contributed by atoms with van der Waals surface area (Å²) in [5.74, 6) is 0. The first-order valence-corrected chi connectivity index (χ1v) is 5.26. The molecule has 3 rings (SSSR count). The Morgan fingerprint density at radius 3 is 1.40 bits per heavy atom. The Kier molecular flexibility index (Phi) is 4.14. The molecular weight excluding hydrogens is 192 g/mol. The minimum absolute atomic E-state index is 0.392. The Hall–Kier alpha value is -0.900. The van der Waals surface area contributed by atoms with Gasteiger partial charge in [-0.05, 0) is 0 Å². The number of benzene rings is 1. The predicted octanol–water partition coefficient (Wildman–Crippen LogP) is 1.49. The lowest BCUT2D eigenvalue weighted by molar-refractivity contribution is 0.102. The zero-order chi connectivity index (χ0) is 10.3. The lowest BCUT2D eigenvalue weighted by Crippen LogP contribution is -2.06. The summed E-state index contributed by atoms with van der Waals surface area (Å²) in [6, 6.07) is 12.0. The van der Waals surface area contributed by atoms with E-state index in [1.165, 1.54) is 0 Å². The molecule has 2 unspecified atom stereocenters. The van der Waals surface area contributed by atoms with Crippen molar-refractivity contribution in [1.29, 1.82) is 0 Å². The highest BCUT2D eigenvalue weighted by Gasteiger charge is 2.26. The van der Waals surface area contributed by atoms with Crippen LogP contribution >= 0.6 is 0 Å². The van der Waals surface area contributed by atoms with Crippen molar-refractivity contribution >= 4 is 0 Å². The molecule has 0 amide bonds. The second kappa shape index (κ2) is 5.85. The van der Waals surface area contributed by atoms with Crippen LogP contribution in [0.4, 0.5) is 0 Å². The maximum atomic E-state index is 5.23. The van der Waals surface area contributed by atoms with Gasteiger partial charge in [-0.25, -0.2) is 0 Å². The van der Waals surface area contributed by atoms with Gasteiger partial charge in [0.05, 0.1) is 26.4 Å². The molecule has 2 fully saturated rings. The number of hydrogen-bond donors (Lipinski definition) is 0. The third-order valence-corrected chi connectivity index (χ3v) is 2.08. The van der Waals surface area contributed by atoms with Gasteiger partial charge in [0, 0.05) is 0 Å². The molecule has 3 heteroatoms. The first-order valence-electron chi connectivity index (χ1n) is 5.26. The molecule has 3 nitrogen and oxygen atoms in total. The van der Waals surface area contributed by atoms with Crippen molar-refractivity contribution in [2.24, 2.45) is 0 Å². The molecule has 0 aliphatic carbocycles. The van der Waals surface area contributed by atoms with E-state index in [1.54, 1.807) is 0 Å². The van der Waals surface area contributed by atoms with E-state index in [1.807, 2.05) is 36.4 Å². The topological polar surface area (TPSA) is 34.3 Å². The third kappa shape index (κ3) is 5.52. The van der Waals surface area contributed by atoms with E-state index in [0.29, 0.717) is 12.2 Å². The van der Waals surface area contributed by atoms with Crippen LogP contribution in [0.1, 0.15) is 0 Å². The van der Waals surface area contributed by atoms with Gasteiger partial charge >= 0.3 is 0 Å². The van der Waals surface area contributed by atoms with Gasteiger partial charge in [-0.3, -0.25) is 0 Å². The number of rotatable bonds is 4. The minimum Gasteiger partial charge on any atom is -0.376 e. The molecule has 1 aromatic rings. The van der Waals surface area contributed by atoms with E-state index in [-0.39, 0.29) is 0 Å².